The summed E-state index contributed by atoms with van der Waals surface area (Å²) in [5.74, 6) is 0.731. The maximum absolute atomic E-state index is 13.6. The fourth-order valence-corrected chi connectivity index (χ4v) is 5.10. The van der Waals surface area contributed by atoms with Gasteiger partial charge in [-0.05, 0) is 48.5 Å². The molecule has 0 bridgehead atoms. The molecule has 0 unspecified atom stereocenters. The van der Waals surface area contributed by atoms with Gasteiger partial charge in [-0.25, -0.2) is 13.2 Å². The summed E-state index contributed by atoms with van der Waals surface area (Å²) in [6.45, 7) is -0.348. The summed E-state index contributed by atoms with van der Waals surface area (Å²) in [7, 11) is 0.137. The van der Waals surface area contributed by atoms with E-state index in [0.29, 0.717) is 28.2 Å². The van der Waals surface area contributed by atoms with Gasteiger partial charge in [-0.15, -0.1) is 0 Å². The lowest BCUT2D eigenvalue weighted by Crippen LogP contribution is -2.32. The lowest BCUT2D eigenvalue weighted by atomic mass is 10.1. The third-order valence-corrected chi connectivity index (χ3v) is 7.40. The third-order valence-electron chi connectivity index (χ3n) is 5.60. The molecule has 0 spiro atoms. The van der Waals surface area contributed by atoms with Gasteiger partial charge in [0.05, 0.1) is 50.1 Å². The highest BCUT2D eigenvalue weighted by Crippen LogP contribution is 2.31. The molecule has 2 aromatic carbocycles. The van der Waals surface area contributed by atoms with Gasteiger partial charge in [-0.2, -0.15) is 4.31 Å². The second-order valence-electron chi connectivity index (χ2n) is 7.79. The minimum absolute atomic E-state index is 0.0506. The number of esters is 1. The maximum Gasteiger partial charge on any atom is 0.337 e. The number of methoxy groups -OCH3 is 3. The van der Waals surface area contributed by atoms with E-state index >= 15 is 0 Å². The number of hydrogen-bond donors (Lipinski definition) is 1. The van der Waals surface area contributed by atoms with Crippen LogP contribution in [0.25, 0.3) is 10.9 Å². The fraction of sp³-hybridized carbons (Fsp3) is 0.200. The van der Waals surface area contributed by atoms with Crippen LogP contribution in [-0.2, 0) is 27.8 Å². The summed E-state index contributed by atoms with van der Waals surface area (Å²) in [5.41, 5.74) is 0.496. The summed E-state index contributed by atoms with van der Waals surface area (Å²) in [6, 6.07) is 13.6. The molecule has 10 nitrogen and oxygen atoms in total. The van der Waals surface area contributed by atoms with Gasteiger partial charge in [0, 0.05) is 23.6 Å². The van der Waals surface area contributed by atoms with E-state index in [4.69, 9.17) is 13.9 Å². The Bertz CT molecular complexity index is 1540. The van der Waals surface area contributed by atoms with E-state index in [1.807, 2.05) is 0 Å². The molecule has 0 amide bonds. The van der Waals surface area contributed by atoms with Gasteiger partial charge in [0.15, 0.2) is 11.5 Å². The molecule has 0 aliphatic heterocycles. The van der Waals surface area contributed by atoms with Gasteiger partial charge in [0.25, 0.3) is 5.56 Å². The molecule has 188 valence electrons. The highest BCUT2D eigenvalue weighted by molar-refractivity contribution is 7.89. The Morgan fingerprint density at radius 3 is 2.28 bits per heavy atom. The molecule has 11 heteroatoms. The van der Waals surface area contributed by atoms with E-state index in [1.165, 1.54) is 51.9 Å². The van der Waals surface area contributed by atoms with Crippen LogP contribution in [0.5, 0.6) is 11.5 Å². The Labute approximate surface area is 207 Å². The number of hydrogen-bond acceptors (Lipinski definition) is 8. The van der Waals surface area contributed by atoms with Crippen molar-refractivity contribution in [1.82, 2.24) is 9.29 Å². The first kappa shape index (κ1) is 25.0. The molecular weight excluding hydrogens is 488 g/mol. The van der Waals surface area contributed by atoms with E-state index in [2.05, 4.69) is 9.72 Å². The topological polar surface area (TPSA) is 128 Å². The number of pyridine rings is 1. The first-order valence-corrected chi connectivity index (χ1v) is 12.2. The summed E-state index contributed by atoms with van der Waals surface area (Å²) in [5, 5.41) is 0.639. The molecule has 0 radical (unpaired) electrons. The van der Waals surface area contributed by atoms with Crippen LogP contribution in [0.3, 0.4) is 0 Å². The predicted molar refractivity (Wildman–Crippen MR) is 131 cm³/mol. The normalized spacial score (nSPS) is 11.6. The zero-order chi connectivity index (χ0) is 25.9. The fourth-order valence-electron chi connectivity index (χ4n) is 3.72. The highest BCUT2D eigenvalue weighted by Gasteiger charge is 2.27. The summed E-state index contributed by atoms with van der Waals surface area (Å²) in [6.07, 6.45) is 1.44. The Balaban J connectivity index is 1.75. The van der Waals surface area contributed by atoms with Crippen molar-refractivity contribution in [3.63, 3.8) is 0 Å². The van der Waals surface area contributed by atoms with Crippen LogP contribution < -0.4 is 15.0 Å². The number of nitrogens with one attached hydrogen (secondary N) is 1. The van der Waals surface area contributed by atoms with E-state index in [0.717, 1.165) is 4.31 Å². The Morgan fingerprint density at radius 2 is 1.67 bits per heavy atom. The average Bonchev–Trinajstić information content (AvgIpc) is 3.40. The Morgan fingerprint density at radius 1 is 0.972 bits per heavy atom. The second kappa shape index (κ2) is 10.3. The predicted octanol–water partition coefficient (Wildman–Crippen LogP) is 3.32. The van der Waals surface area contributed by atoms with Crippen LogP contribution in [0.2, 0.25) is 0 Å². The van der Waals surface area contributed by atoms with Crippen molar-refractivity contribution in [1.29, 1.82) is 0 Å². The van der Waals surface area contributed by atoms with E-state index in [9.17, 15) is 18.0 Å². The largest absolute Gasteiger partial charge is 0.493 e. The maximum atomic E-state index is 13.6. The molecule has 0 aliphatic rings. The minimum atomic E-state index is -4.09. The van der Waals surface area contributed by atoms with Crippen LogP contribution in [0.15, 0.2) is 75.0 Å². The number of fused-ring (bicyclic) bond motifs is 1. The summed E-state index contributed by atoms with van der Waals surface area (Å²) < 4.78 is 49.0. The zero-order valence-electron chi connectivity index (χ0n) is 19.8. The number of ether oxygens (including phenoxy) is 3. The molecule has 1 N–H and O–H groups in total. The van der Waals surface area contributed by atoms with E-state index in [1.54, 1.807) is 30.3 Å². The first-order chi connectivity index (χ1) is 17.3. The molecule has 0 saturated carbocycles. The van der Waals surface area contributed by atoms with Crippen LogP contribution in [0.1, 0.15) is 21.7 Å². The van der Waals surface area contributed by atoms with Gasteiger partial charge in [-0.1, -0.05) is 0 Å². The number of furan rings is 1. The number of carbonyl (C=O) groups excluding carboxylic acids is 1. The number of nitrogens with zero attached hydrogens (tertiary/aromatic N) is 1. The average molecular weight is 513 g/mol. The van der Waals surface area contributed by atoms with Gasteiger partial charge in [-0.3, -0.25) is 4.79 Å². The molecular formula is C25H24N2O8S. The standard InChI is InChI=1S/C25H24N2O8S/c1-32-22-12-17-11-18(24(28)26-21(17)13-23(22)33-2)14-27(15-19-5-4-10-35-19)36(30,31)20-8-6-16(7-9-20)25(29)34-3/h4-13H,14-15H2,1-3H3,(H,26,28). The van der Waals surface area contributed by atoms with Crippen molar-refractivity contribution in [2.45, 2.75) is 18.0 Å². The molecule has 0 atom stereocenters. The molecule has 2 aromatic heterocycles. The minimum Gasteiger partial charge on any atom is -0.493 e. The van der Waals surface area contributed by atoms with Crippen LogP contribution in [0, 0.1) is 0 Å². The van der Waals surface area contributed by atoms with Gasteiger partial charge in [0.1, 0.15) is 5.76 Å². The molecule has 0 fully saturated rings. The number of aromatic nitrogens is 1. The Hall–Kier alpha value is -4.09. The van der Waals surface area contributed by atoms with Crippen LogP contribution >= 0.6 is 0 Å². The van der Waals surface area contributed by atoms with Crippen molar-refractivity contribution in [2.24, 2.45) is 0 Å². The SMILES string of the molecule is COC(=O)c1ccc(S(=O)(=O)N(Cc2ccco2)Cc2cc3cc(OC)c(OC)cc3[nH]c2=O)cc1. The van der Waals surface area contributed by atoms with Crippen LogP contribution in [0.4, 0.5) is 0 Å². The van der Waals surface area contributed by atoms with Crippen molar-refractivity contribution >= 4 is 26.9 Å². The number of aromatic amines is 1. The summed E-state index contributed by atoms with van der Waals surface area (Å²) in [4.78, 5) is 27.4. The quantitative estimate of drug-likeness (QED) is 0.338. The van der Waals surface area contributed by atoms with Crippen molar-refractivity contribution in [2.75, 3.05) is 21.3 Å². The lowest BCUT2D eigenvalue weighted by molar-refractivity contribution is 0.0600. The number of H-pyrrole nitrogens is 1. The first-order valence-electron chi connectivity index (χ1n) is 10.8. The van der Waals surface area contributed by atoms with Crippen molar-refractivity contribution in [3.05, 3.63) is 88.1 Å². The highest BCUT2D eigenvalue weighted by atomic mass is 32.2. The monoisotopic (exact) mass is 512 g/mol. The van der Waals surface area contributed by atoms with Gasteiger partial charge >= 0.3 is 5.97 Å². The third kappa shape index (κ3) is 4.97. The molecule has 4 aromatic rings. The molecule has 36 heavy (non-hydrogen) atoms. The zero-order valence-corrected chi connectivity index (χ0v) is 20.6. The van der Waals surface area contributed by atoms with Gasteiger partial charge < -0.3 is 23.6 Å². The molecule has 2 heterocycles. The smallest absolute Gasteiger partial charge is 0.337 e. The lowest BCUT2D eigenvalue weighted by Gasteiger charge is -2.21. The van der Waals surface area contributed by atoms with E-state index < -0.39 is 21.6 Å². The number of sulfonamides is 1. The number of carbonyl (C=O) groups is 1. The van der Waals surface area contributed by atoms with Crippen LogP contribution in [-0.4, -0.2) is 45.0 Å². The number of benzene rings is 2. The van der Waals surface area contributed by atoms with E-state index in [-0.39, 0.29) is 29.1 Å². The van der Waals surface area contributed by atoms with Crippen molar-refractivity contribution < 1.29 is 31.8 Å². The summed E-state index contributed by atoms with van der Waals surface area (Å²) >= 11 is 0. The van der Waals surface area contributed by atoms with Crippen molar-refractivity contribution in [3.8, 4) is 11.5 Å². The molecule has 0 aliphatic carbocycles. The van der Waals surface area contributed by atoms with Gasteiger partial charge in [0.2, 0.25) is 10.0 Å². The Kier molecular flexibility index (Phi) is 7.13. The molecule has 4 rings (SSSR count). The second-order valence-corrected chi connectivity index (χ2v) is 9.72. The molecule has 0 saturated heterocycles. The number of rotatable bonds is 9.